The number of Topliss-reactive ketones (excluding diaryl/α,β-unsaturated/α-hetero) is 1. The van der Waals surface area contributed by atoms with Gasteiger partial charge in [0.1, 0.15) is 17.3 Å². The molecule has 1 aromatic heterocycles. The number of amidine groups is 1. The van der Waals surface area contributed by atoms with Crippen molar-refractivity contribution in [3.05, 3.63) is 52.3 Å². The lowest BCUT2D eigenvalue weighted by Gasteiger charge is -2.24. The third-order valence-electron chi connectivity index (χ3n) is 5.51. The number of hydrogen-bond donors (Lipinski definition) is 3. The van der Waals surface area contributed by atoms with Crippen molar-refractivity contribution in [2.75, 3.05) is 26.8 Å². The molecule has 2 aromatic rings. The molecule has 0 atom stereocenters. The van der Waals surface area contributed by atoms with E-state index >= 15 is 0 Å². The number of pyridine rings is 1. The summed E-state index contributed by atoms with van der Waals surface area (Å²) in [5.41, 5.74) is 1.88. The monoisotopic (exact) mass is 482 g/mol. The van der Waals surface area contributed by atoms with Gasteiger partial charge in [-0.15, -0.1) is 0 Å². The minimum atomic E-state index is -1.09. The molecule has 0 saturated carbocycles. The number of carboxylic acids is 1. The highest BCUT2D eigenvalue weighted by Crippen LogP contribution is 2.33. The number of carbonyl (C=O) groups is 3. The van der Waals surface area contributed by atoms with Crippen molar-refractivity contribution < 1.29 is 29.0 Å². The largest absolute Gasteiger partial charge is 0.491 e. The Morgan fingerprint density at radius 1 is 1.17 bits per heavy atom. The Hall–Kier alpha value is -3.95. The van der Waals surface area contributed by atoms with E-state index in [1.165, 1.54) is 7.05 Å². The van der Waals surface area contributed by atoms with Crippen LogP contribution in [0.4, 0.5) is 0 Å². The highest BCUT2D eigenvalue weighted by molar-refractivity contribution is 6.05. The molecule has 3 rings (SSSR count). The molecular weight excluding hydrogens is 452 g/mol. The fourth-order valence-electron chi connectivity index (χ4n) is 3.79. The molecule has 10 nitrogen and oxygen atoms in total. The van der Waals surface area contributed by atoms with E-state index in [1.54, 1.807) is 36.1 Å². The number of rotatable bonds is 9. The molecule has 186 valence electrons. The fraction of sp³-hybridized carbons (Fsp3) is 0.400. The number of fused-ring (bicyclic) bond motifs is 1. The van der Waals surface area contributed by atoms with Gasteiger partial charge >= 0.3 is 5.97 Å². The maximum absolute atomic E-state index is 13.2. The number of nitrogens with zero attached hydrogens (tertiary/aromatic N) is 2. The van der Waals surface area contributed by atoms with E-state index in [0.29, 0.717) is 40.5 Å². The topological polar surface area (TPSA) is 142 Å². The summed E-state index contributed by atoms with van der Waals surface area (Å²) < 4.78 is 11.0. The van der Waals surface area contributed by atoms with Crippen LogP contribution in [-0.4, -0.2) is 65.3 Å². The first kappa shape index (κ1) is 25.7. The van der Waals surface area contributed by atoms with E-state index in [2.05, 4.69) is 10.3 Å². The predicted octanol–water partition coefficient (Wildman–Crippen LogP) is 2.62. The van der Waals surface area contributed by atoms with Crippen LogP contribution in [0.5, 0.6) is 11.5 Å². The summed E-state index contributed by atoms with van der Waals surface area (Å²) in [6.45, 7) is 7.74. The summed E-state index contributed by atoms with van der Waals surface area (Å²) in [7, 11) is 1.49. The SMILES string of the molecule is CCOc1cc2c(nc1C(=O)NC)C(=N)N(CC(=O)c1ccc(OCC(=O)O)c(C(C)(C)C)c1)C2. The lowest BCUT2D eigenvalue weighted by molar-refractivity contribution is -0.139. The highest BCUT2D eigenvalue weighted by Gasteiger charge is 2.31. The van der Waals surface area contributed by atoms with Crippen LogP contribution in [0.1, 0.15) is 65.4 Å². The standard InChI is InChI=1S/C25H30N4O6/c1-6-34-19-10-15-11-29(23(26)21(15)28-22(19)24(33)27-5)12-17(30)14-7-8-18(35-13-20(31)32)16(9-14)25(2,3)4/h7-10,26H,6,11-13H2,1-5H3,(H,27,33)(H,31,32). The van der Waals surface area contributed by atoms with Crippen molar-refractivity contribution >= 4 is 23.5 Å². The van der Waals surface area contributed by atoms with Crippen molar-refractivity contribution in [2.45, 2.75) is 39.7 Å². The number of carbonyl (C=O) groups excluding carboxylic acids is 2. The first-order valence-corrected chi connectivity index (χ1v) is 11.2. The second-order valence-corrected chi connectivity index (χ2v) is 9.13. The Bertz CT molecular complexity index is 1190. The van der Waals surface area contributed by atoms with Gasteiger partial charge in [0.2, 0.25) is 0 Å². The highest BCUT2D eigenvalue weighted by atomic mass is 16.5. The van der Waals surface area contributed by atoms with Crippen molar-refractivity contribution in [1.29, 1.82) is 5.41 Å². The Morgan fingerprint density at radius 2 is 1.89 bits per heavy atom. The van der Waals surface area contributed by atoms with Crippen molar-refractivity contribution in [3.8, 4) is 11.5 Å². The summed E-state index contributed by atoms with van der Waals surface area (Å²) in [5.74, 6) is -0.921. The number of ether oxygens (including phenoxy) is 2. The smallest absolute Gasteiger partial charge is 0.341 e. The van der Waals surface area contributed by atoms with Gasteiger partial charge in [0.15, 0.2) is 23.8 Å². The van der Waals surface area contributed by atoms with E-state index in [1.807, 2.05) is 20.8 Å². The molecule has 0 fully saturated rings. The van der Waals surface area contributed by atoms with E-state index in [0.717, 1.165) is 0 Å². The van der Waals surface area contributed by atoms with Gasteiger partial charge in [0.05, 0.1) is 13.2 Å². The fourth-order valence-corrected chi connectivity index (χ4v) is 3.79. The van der Waals surface area contributed by atoms with Gasteiger partial charge in [0.25, 0.3) is 5.91 Å². The molecule has 1 amide bonds. The molecule has 1 aliphatic heterocycles. The van der Waals surface area contributed by atoms with Gasteiger partial charge in [0, 0.05) is 30.3 Å². The van der Waals surface area contributed by atoms with Crippen LogP contribution in [0.15, 0.2) is 24.3 Å². The summed E-state index contributed by atoms with van der Waals surface area (Å²) in [5, 5.41) is 20.0. The molecule has 10 heteroatoms. The Labute approximate surface area is 203 Å². The number of aromatic nitrogens is 1. The molecule has 0 aliphatic carbocycles. The van der Waals surface area contributed by atoms with Crippen LogP contribution in [0.3, 0.4) is 0 Å². The third-order valence-corrected chi connectivity index (χ3v) is 5.51. The minimum Gasteiger partial charge on any atom is -0.491 e. The van der Waals surface area contributed by atoms with E-state index < -0.39 is 23.9 Å². The predicted molar refractivity (Wildman–Crippen MR) is 129 cm³/mol. The van der Waals surface area contributed by atoms with Crippen LogP contribution in [0, 0.1) is 5.41 Å². The average Bonchev–Trinajstić information content (AvgIpc) is 3.10. The van der Waals surface area contributed by atoms with Gasteiger partial charge in [-0.25, -0.2) is 9.78 Å². The van der Waals surface area contributed by atoms with Gasteiger partial charge in [-0.3, -0.25) is 15.0 Å². The molecule has 3 N–H and O–H groups in total. The molecule has 0 unspecified atom stereocenters. The zero-order chi connectivity index (χ0) is 25.9. The van der Waals surface area contributed by atoms with Crippen LogP contribution in [0.2, 0.25) is 0 Å². The van der Waals surface area contributed by atoms with Crippen LogP contribution < -0.4 is 14.8 Å². The molecule has 0 saturated heterocycles. The zero-order valence-electron chi connectivity index (χ0n) is 20.5. The zero-order valence-corrected chi connectivity index (χ0v) is 20.5. The molecule has 2 heterocycles. The Balaban J connectivity index is 1.85. The van der Waals surface area contributed by atoms with Gasteiger partial charge in [-0.2, -0.15) is 0 Å². The van der Waals surface area contributed by atoms with Gasteiger partial charge in [-0.1, -0.05) is 20.8 Å². The number of ketones is 1. The van der Waals surface area contributed by atoms with Gasteiger partial charge in [-0.05, 0) is 36.6 Å². The van der Waals surface area contributed by atoms with Crippen molar-refractivity contribution in [3.63, 3.8) is 0 Å². The second kappa shape index (κ2) is 10.1. The number of benzene rings is 1. The molecule has 0 spiro atoms. The molecular formula is C25H30N4O6. The van der Waals surface area contributed by atoms with E-state index in [4.69, 9.17) is 20.0 Å². The number of hydrogen-bond acceptors (Lipinski definition) is 7. The minimum absolute atomic E-state index is 0.0546. The Kier molecular flexibility index (Phi) is 7.42. The number of aliphatic carboxylic acids is 1. The number of amides is 1. The maximum Gasteiger partial charge on any atom is 0.341 e. The maximum atomic E-state index is 13.2. The first-order chi connectivity index (χ1) is 16.5. The van der Waals surface area contributed by atoms with E-state index in [-0.39, 0.29) is 30.4 Å². The molecule has 0 radical (unpaired) electrons. The molecule has 1 aromatic carbocycles. The Morgan fingerprint density at radius 3 is 2.49 bits per heavy atom. The van der Waals surface area contributed by atoms with Crippen molar-refractivity contribution in [2.24, 2.45) is 0 Å². The lowest BCUT2D eigenvalue weighted by Crippen LogP contribution is -2.31. The average molecular weight is 483 g/mol. The van der Waals surface area contributed by atoms with Crippen LogP contribution in [-0.2, 0) is 16.8 Å². The quantitative estimate of drug-likeness (QED) is 0.463. The molecule has 0 bridgehead atoms. The number of carboxylic acid groups (broad SMARTS) is 1. The molecule has 35 heavy (non-hydrogen) atoms. The lowest BCUT2D eigenvalue weighted by atomic mass is 9.85. The van der Waals surface area contributed by atoms with Crippen LogP contribution in [0.25, 0.3) is 0 Å². The third kappa shape index (κ3) is 5.59. The summed E-state index contributed by atoms with van der Waals surface area (Å²) in [6.07, 6.45) is 0. The van der Waals surface area contributed by atoms with Crippen molar-refractivity contribution in [1.82, 2.24) is 15.2 Å². The first-order valence-electron chi connectivity index (χ1n) is 11.2. The van der Waals surface area contributed by atoms with Gasteiger partial charge < -0.3 is 24.8 Å². The normalized spacial score (nSPS) is 12.8. The summed E-state index contributed by atoms with van der Waals surface area (Å²) >= 11 is 0. The number of nitrogens with one attached hydrogen (secondary N) is 2. The summed E-state index contributed by atoms with van der Waals surface area (Å²) in [6, 6.07) is 6.60. The molecule has 1 aliphatic rings. The second-order valence-electron chi connectivity index (χ2n) is 9.13. The summed E-state index contributed by atoms with van der Waals surface area (Å²) in [4.78, 5) is 42.3. The van der Waals surface area contributed by atoms with Crippen LogP contribution >= 0.6 is 0 Å². The van der Waals surface area contributed by atoms with E-state index in [9.17, 15) is 14.4 Å².